The van der Waals surface area contributed by atoms with E-state index >= 15 is 0 Å². The van der Waals surface area contributed by atoms with E-state index in [2.05, 4.69) is 15.4 Å². The van der Waals surface area contributed by atoms with Crippen molar-refractivity contribution in [2.75, 3.05) is 26.1 Å². The number of hydrogen-bond acceptors (Lipinski definition) is 7. The van der Waals surface area contributed by atoms with E-state index in [1.807, 2.05) is 6.07 Å². The van der Waals surface area contributed by atoms with Crippen molar-refractivity contribution in [2.45, 2.75) is 19.9 Å². The third kappa shape index (κ3) is 3.55. The van der Waals surface area contributed by atoms with Gasteiger partial charge in [-0.3, -0.25) is 0 Å². The van der Waals surface area contributed by atoms with Crippen LogP contribution in [0.15, 0.2) is 53.7 Å². The molecule has 1 N–H and O–H groups in total. The van der Waals surface area contributed by atoms with Crippen LogP contribution in [0.1, 0.15) is 25.5 Å². The van der Waals surface area contributed by atoms with Crippen LogP contribution in [0, 0.1) is 5.82 Å². The lowest BCUT2D eigenvalue weighted by atomic mass is 9.94. The van der Waals surface area contributed by atoms with Gasteiger partial charge in [0.15, 0.2) is 17.3 Å². The molecule has 0 radical (unpaired) electrons. The largest absolute Gasteiger partial charge is 0.493 e. The Morgan fingerprint density at radius 1 is 1.16 bits per heavy atom. The first-order chi connectivity index (χ1) is 15.5. The number of nitrogens with zero attached hydrogens (tertiary/aromatic N) is 3. The predicted molar refractivity (Wildman–Crippen MR) is 116 cm³/mol. The smallest absolute Gasteiger partial charge is 0.338 e. The van der Waals surface area contributed by atoms with E-state index in [0.29, 0.717) is 34.3 Å². The number of carbonyl (C=O) groups is 1. The minimum absolute atomic E-state index is 0.190. The van der Waals surface area contributed by atoms with E-state index in [4.69, 9.17) is 14.2 Å². The fourth-order valence-corrected chi connectivity index (χ4v) is 3.80. The van der Waals surface area contributed by atoms with Gasteiger partial charge in [0.1, 0.15) is 11.9 Å². The number of fused-ring (bicyclic) bond motifs is 1. The summed E-state index contributed by atoms with van der Waals surface area (Å²) in [5.74, 6) is 0.562. The van der Waals surface area contributed by atoms with E-state index in [9.17, 15) is 9.18 Å². The second kappa shape index (κ2) is 8.70. The standard InChI is InChI=1S/C23H23FN4O4/c1-5-32-22(29)18-13(2)25-23-26-21(14-9-6-7-11-16(14)24)27-28(23)19(18)15-10-8-12-17(30-3)20(15)31-4/h6-12,19H,5H2,1-4H3,(H,25,26,27). The van der Waals surface area contributed by atoms with Gasteiger partial charge in [-0.05, 0) is 32.0 Å². The van der Waals surface area contributed by atoms with Crippen molar-refractivity contribution in [2.24, 2.45) is 0 Å². The zero-order valence-electron chi connectivity index (χ0n) is 18.2. The van der Waals surface area contributed by atoms with Crippen LogP contribution in [-0.2, 0) is 9.53 Å². The van der Waals surface area contributed by atoms with Gasteiger partial charge in [-0.1, -0.05) is 24.3 Å². The van der Waals surface area contributed by atoms with Crippen LogP contribution in [0.3, 0.4) is 0 Å². The highest BCUT2D eigenvalue weighted by Crippen LogP contribution is 2.43. The molecule has 0 aliphatic carbocycles. The van der Waals surface area contributed by atoms with E-state index in [1.54, 1.807) is 44.2 Å². The van der Waals surface area contributed by atoms with E-state index in [-0.39, 0.29) is 18.0 Å². The Balaban J connectivity index is 1.95. The second-order valence-electron chi connectivity index (χ2n) is 7.05. The topological polar surface area (TPSA) is 87.5 Å². The molecule has 3 aromatic rings. The molecule has 1 aliphatic heterocycles. The van der Waals surface area contributed by atoms with Gasteiger partial charge in [-0.15, -0.1) is 5.10 Å². The number of ether oxygens (including phenoxy) is 3. The van der Waals surface area contributed by atoms with Crippen LogP contribution >= 0.6 is 0 Å². The van der Waals surface area contributed by atoms with Gasteiger partial charge in [-0.2, -0.15) is 4.98 Å². The Hall–Kier alpha value is -3.88. The van der Waals surface area contributed by atoms with Gasteiger partial charge in [0.05, 0.1) is 32.0 Å². The maximum Gasteiger partial charge on any atom is 0.338 e. The molecule has 166 valence electrons. The fourth-order valence-electron chi connectivity index (χ4n) is 3.80. The van der Waals surface area contributed by atoms with Gasteiger partial charge in [0.2, 0.25) is 5.95 Å². The van der Waals surface area contributed by atoms with Crippen molar-refractivity contribution >= 4 is 11.9 Å². The monoisotopic (exact) mass is 438 g/mol. The lowest BCUT2D eigenvalue weighted by Crippen LogP contribution is -2.30. The number of hydrogen-bond donors (Lipinski definition) is 1. The Labute approximate surface area is 184 Å². The number of rotatable bonds is 6. The molecule has 32 heavy (non-hydrogen) atoms. The van der Waals surface area contributed by atoms with Crippen molar-refractivity contribution < 1.29 is 23.4 Å². The zero-order valence-corrected chi connectivity index (χ0v) is 18.2. The normalized spacial score (nSPS) is 15.1. The summed E-state index contributed by atoms with van der Waals surface area (Å²) in [4.78, 5) is 17.5. The molecule has 0 fully saturated rings. The number of para-hydroxylation sites is 1. The van der Waals surface area contributed by atoms with Gasteiger partial charge >= 0.3 is 5.97 Å². The Kier molecular flexibility index (Phi) is 5.81. The molecule has 1 atom stereocenters. The number of carbonyl (C=O) groups excluding carboxylic acids is 1. The average molecular weight is 438 g/mol. The molecule has 2 aromatic carbocycles. The quantitative estimate of drug-likeness (QED) is 0.583. The molecule has 9 heteroatoms. The summed E-state index contributed by atoms with van der Waals surface area (Å²) in [5, 5.41) is 7.66. The molecule has 2 heterocycles. The summed E-state index contributed by atoms with van der Waals surface area (Å²) >= 11 is 0. The summed E-state index contributed by atoms with van der Waals surface area (Å²) in [6, 6.07) is 10.9. The molecule has 1 unspecified atom stereocenters. The number of methoxy groups -OCH3 is 2. The minimum atomic E-state index is -0.733. The first kappa shape index (κ1) is 21.4. The summed E-state index contributed by atoms with van der Waals surface area (Å²) in [7, 11) is 3.06. The highest BCUT2D eigenvalue weighted by molar-refractivity contribution is 5.92. The van der Waals surface area contributed by atoms with Gasteiger partial charge in [-0.25, -0.2) is 13.9 Å². The van der Waals surface area contributed by atoms with E-state index in [1.165, 1.54) is 25.0 Å². The second-order valence-corrected chi connectivity index (χ2v) is 7.05. The molecule has 0 saturated carbocycles. The summed E-state index contributed by atoms with van der Waals surface area (Å²) in [6.07, 6.45) is 0. The van der Waals surface area contributed by atoms with Gasteiger partial charge in [0, 0.05) is 11.3 Å². The van der Waals surface area contributed by atoms with Crippen LogP contribution in [0.5, 0.6) is 11.5 Å². The molecular weight excluding hydrogens is 415 g/mol. The first-order valence-corrected chi connectivity index (χ1v) is 10.1. The third-order valence-corrected chi connectivity index (χ3v) is 5.19. The lowest BCUT2D eigenvalue weighted by Gasteiger charge is -2.29. The Bertz CT molecular complexity index is 1200. The number of esters is 1. The van der Waals surface area contributed by atoms with Crippen molar-refractivity contribution in [1.82, 2.24) is 14.8 Å². The van der Waals surface area contributed by atoms with Crippen LogP contribution < -0.4 is 14.8 Å². The molecule has 4 rings (SSSR count). The van der Waals surface area contributed by atoms with Crippen molar-refractivity contribution in [3.8, 4) is 22.9 Å². The molecule has 0 bridgehead atoms. The number of halogens is 1. The van der Waals surface area contributed by atoms with Crippen molar-refractivity contribution in [1.29, 1.82) is 0 Å². The number of benzene rings is 2. The number of allylic oxidation sites excluding steroid dienone is 1. The predicted octanol–water partition coefficient (Wildman–Crippen LogP) is 3.95. The highest BCUT2D eigenvalue weighted by Gasteiger charge is 2.37. The van der Waals surface area contributed by atoms with Crippen molar-refractivity contribution in [3.05, 3.63) is 65.1 Å². The Morgan fingerprint density at radius 2 is 1.94 bits per heavy atom. The molecule has 0 spiro atoms. The summed E-state index contributed by atoms with van der Waals surface area (Å²) in [5.41, 5.74) is 1.78. The third-order valence-electron chi connectivity index (χ3n) is 5.19. The van der Waals surface area contributed by atoms with Crippen molar-refractivity contribution in [3.63, 3.8) is 0 Å². The molecule has 0 saturated heterocycles. The maximum atomic E-state index is 14.4. The van der Waals surface area contributed by atoms with Gasteiger partial charge in [0.25, 0.3) is 0 Å². The zero-order chi connectivity index (χ0) is 22.8. The number of anilines is 1. The Morgan fingerprint density at radius 3 is 2.62 bits per heavy atom. The van der Waals surface area contributed by atoms with Crippen LogP contribution in [0.25, 0.3) is 11.4 Å². The van der Waals surface area contributed by atoms with E-state index in [0.717, 1.165) is 0 Å². The number of nitrogens with one attached hydrogen (secondary N) is 1. The molecule has 1 aromatic heterocycles. The summed E-state index contributed by atoms with van der Waals surface area (Å²) in [6.45, 7) is 3.71. The summed E-state index contributed by atoms with van der Waals surface area (Å²) < 4.78 is 32.4. The molecule has 0 amide bonds. The minimum Gasteiger partial charge on any atom is -0.493 e. The van der Waals surface area contributed by atoms with Crippen LogP contribution in [-0.4, -0.2) is 41.6 Å². The van der Waals surface area contributed by atoms with Crippen LogP contribution in [0.4, 0.5) is 10.3 Å². The molecule has 1 aliphatic rings. The van der Waals surface area contributed by atoms with Crippen LogP contribution in [0.2, 0.25) is 0 Å². The number of aromatic nitrogens is 3. The molecular formula is C23H23FN4O4. The average Bonchev–Trinajstić information content (AvgIpc) is 3.21. The van der Waals surface area contributed by atoms with Gasteiger partial charge < -0.3 is 19.5 Å². The molecule has 8 nitrogen and oxygen atoms in total. The SMILES string of the molecule is CCOC(=O)C1=C(C)Nc2nc(-c3ccccc3F)nn2C1c1cccc(OC)c1OC. The maximum absolute atomic E-state index is 14.4. The lowest BCUT2D eigenvalue weighted by molar-refractivity contribution is -0.139. The fraction of sp³-hybridized carbons (Fsp3) is 0.261. The first-order valence-electron chi connectivity index (χ1n) is 10.1. The van der Waals surface area contributed by atoms with E-state index < -0.39 is 17.8 Å². The highest BCUT2D eigenvalue weighted by atomic mass is 19.1.